The van der Waals surface area contributed by atoms with E-state index in [0.717, 1.165) is 27.7 Å². The largest absolute Gasteiger partial charge is 3.00 e. The van der Waals surface area contributed by atoms with E-state index in [9.17, 15) is 9.59 Å². The average molecular weight is 370 g/mol. The van der Waals surface area contributed by atoms with E-state index in [1.807, 2.05) is 0 Å². The molecule has 0 amide bonds. The average Bonchev–Trinajstić information content (AvgIpc) is 2.09. The molecule has 0 saturated heterocycles. The normalized spacial score (nSPS) is 6.32. The summed E-state index contributed by atoms with van der Waals surface area (Å²) in [5.74, 6) is -4.46. The van der Waals surface area contributed by atoms with Gasteiger partial charge in [0, 0.05) is 23.9 Å². The predicted molar refractivity (Wildman–Crippen MR) is 74.5 cm³/mol. The van der Waals surface area contributed by atoms with Crippen molar-refractivity contribution < 1.29 is 68.1 Å². The first kappa shape index (κ1) is 43.6. The number of ketones is 2. The monoisotopic (exact) mass is 370 g/mol. The van der Waals surface area contributed by atoms with Crippen molar-refractivity contribution in [3.63, 3.8) is 0 Å². The molecule has 0 rings (SSSR count). The third kappa shape index (κ3) is 1680. The first-order valence-corrected chi connectivity index (χ1v) is 5.75. The van der Waals surface area contributed by atoms with E-state index < -0.39 is 23.9 Å². The van der Waals surface area contributed by atoms with Crippen molar-refractivity contribution >= 4 is 52.8 Å². The molecule has 0 radical (unpaired) electrons. The summed E-state index contributed by atoms with van der Waals surface area (Å²) in [7, 11) is 0. The van der Waals surface area contributed by atoms with E-state index in [0.29, 0.717) is 0 Å². The Morgan fingerprint density at radius 1 is 0.520 bits per heavy atom. The van der Waals surface area contributed by atoms with Gasteiger partial charge in [-0.25, -0.2) is 0 Å². The van der Waals surface area contributed by atoms with Gasteiger partial charge in [0.05, 0.1) is 6.42 Å². The van der Waals surface area contributed by atoms with Crippen LogP contribution in [0.2, 0.25) is 0 Å². The predicted octanol–water partition coefficient (Wildman–Crippen LogP) is -7.80. The fourth-order valence-electron chi connectivity index (χ4n) is 0.351. The van der Waals surface area contributed by atoms with E-state index in [2.05, 4.69) is 0 Å². The fourth-order valence-corrected chi connectivity index (χ4v) is 0.351. The van der Waals surface area contributed by atoms with Gasteiger partial charge in [-0.05, 0) is 41.5 Å². The topological polar surface area (TPSA) is 195 Å². The summed E-state index contributed by atoms with van der Waals surface area (Å²) >= 11 is 0. The summed E-state index contributed by atoms with van der Waals surface area (Å²) in [6.07, 6.45) is 0.0833. The maximum Gasteiger partial charge on any atom is 3.00 e. The molecule has 10 nitrogen and oxygen atoms in total. The number of rotatable bonds is 2. The molecule has 0 unspecified atom stereocenters. The van der Waals surface area contributed by atoms with Crippen LogP contribution >= 0.6 is 0 Å². The van der Waals surface area contributed by atoms with Crippen LogP contribution in [0.25, 0.3) is 0 Å². The van der Waals surface area contributed by atoms with Crippen molar-refractivity contribution in [2.75, 3.05) is 0 Å². The number of carboxylic acid groups (broad SMARTS) is 4. The van der Waals surface area contributed by atoms with Crippen molar-refractivity contribution in [2.24, 2.45) is 0 Å². The molecule has 0 aliphatic rings. The Bertz CT molecular complexity index is 320. The molecule has 0 atom stereocenters. The van der Waals surface area contributed by atoms with Crippen LogP contribution in [-0.4, -0.2) is 52.8 Å². The van der Waals surface area contributed by atoms with Gasteiger partial charge in [0.1, 0.15) is 11.6 Å². The molecule has 12 heteroatoms. The number of carboxylic acids is 4. The van der Waals surface area contributed by atoms with Gasteiger partial charge in [0.15, 0.2) is 0 Å². The molecular weight excluding hydrogens is 350 g/mol. The molecule has 0 saturated carbocycles. The molecule has 0 aromatic heterocycles. The number of hydrogen-bond acceptors (Lipinski definition) is 10. The number of Topliss-reactive ketones (excluding diaryl/α,β-unsaturated/α-hetero) is 2. The maximum absolute atomic E-state index is 10.0. The second kappa shape index (κ2) is 33.8. The van der Waals surface area contributed by atoms with Crippen molar-refractivity contribution in [1.29, 1.82) is 0 Å². The van der Waals surface area contributed by atoms with E-state index >= 15 is 0 Å². The standard InChI is InChI=1S/C5H8O2.4C2H4O2.Al.Li/c1-4(6)3-5(2)7;4*1-2(3)4;;/h3H2,1-2H3;4*1H3,(H,3,4);;/q;;;;;+3;+1/p-4. The third-order valence-electron chi connectivity index (χ3n) is 0.498. The summed E-state index contributed by atoms with van der Waals surface area (Å²) in [6, 6.07) is 0. The molecule has 0 aliphatic carbocycles. The van der Waals surface area contributed by atoms with Crippen LogP contribution < -0.4 is 39.3 Å². The number of aliphatic carboxylic acids is 4. The molecule has 136 valence electrons. The van der Waals surface area contributed by atoms with Gasteiger partial charge in [-0.1, -0.05) is 0 Å². The van der Waals surface area contributed by atoms with Gasteiger partial charge < -0.3 is 39.6 Å². The van der Waals surface area contributed by atoms with E-state index in [-0.39, 0.29) is 54.2 Å². The summed E-state index contributed by atoms with van der Waals surface area (Å²) < 4.78 is 0. The van der Waals surface area contributed by atoms with Crippen LogP contribution in [0.5, 0.6) is 0 Å². The van der Waals surface area contributed by atoms with Crippen LogP contribution in [0.3, 0.4) is 0 Å². The van der Waals surface area contributed by atoms with E-state index in [4.69, 9.17) is 39.6 Å². The summed E-state index contributed by atoms with van der Waals surface area (Å²) in [5.41, 5.74) is 0. The minimum Gasteiger partial charge on any atom is -0.550 e. The van der Waals surface area contributed by atoms with Gasteiger partial charge in [0.25, 0.3) is 0 Å². The SMILES string of the molecule is CC(=O)CC(C)=O.CC(=O)[O-].CC(=O)[O-].CC(=O)[O-].CC(=O)[O-].[Al+3].[Li+]. The summed E-state index contributed by atoms with van der Waals surface area (Å²) in [5, 5.41) is 35.6. The van der Waals surface area contributed by atoms with Gasteiger partial charge in [-0.2, -0.15) is 0 Å². The van der Waals surface area contributed by atoms with E-state index in [1.165, 1.54) is 13.8 Å². The molecule has 0 heterocycles. The smallest absolute Gasteiger partial charge is 0.550 e. The van der Waals surface area contributed by atoms with E-state index in [1.54, 1.807) is 0 Å². The van der Waals surface area contributed by atoms with Gasteiger partial charge in [-0.3, -0.25) is 9.59 Å². The van der Waals surface area contributed by atoms with Crippen LogP contribution in [0, 0.1) is 0 Å². The number of carbonyl (C=O) groups is 6. The Hall–Kier alpha value is -1.65. The second-order valence-corrected chi connectivity index (χ2v) is 3.55. The molecule has 0 aliphatic heterocycles. The Morgan fingerprint density at radius 3 is 0.600 bits per heavy atom. The Kier molecular flexibility index (Phi) is 59.1. The molecular formula is C13H20AlLiO10. The number of carbonyl (C=O) groups excluding carboxylic acids is 6. The quantitative estimate of drug-likeness (QED) is 0.332. The van der Waals surface area contributed by atoms with Crippen LogP contribution in [0.4, 0.5) is 0 Å². The van der Waals surface area contributed by atoms with Crippen molar-refractivity contribution in [1.82, 2.24) is 0 Å². The van der Waals surface area contributed by atoms with Crippen molar-refractivity contribution in [3.8, 4) is 0 Å². The Morgan fingerprint density at radius 2 is 0.600 bits per heavy atom. The zero-order valence-corrected chi connectivity index (χ0v) is 16.5. The van der Waals surface area contributed by atoms with Gasteiger partial charge in [-0.15, -0.1) is 0 Å². The van der Waals surface area contributed by atoms with Crippen LogP contribution in [0.1, 0.15) is 48.0 Å². The minimum absolute atomic E-state index is 0. The molecule has 0 fully saturated rings. The Balaban J connectivity index is -0.0000000326. The first-order valence-electron chi connectivity index (χ1n) is 5.75. The fraction of sp³-hybridized carbons (Fsp3) is 0.538. The first-order chi connectivity index (χ1) is 10.1. The Labute approximate surface area is 168 Å². The van der Waals surface area contributed by atoms with Gasteiger partial charge in [0.2, 0.25) is 0 Å². The van der Waals surface area contributed by atoms with Crippen LogP contribution in [0.15, 0.2) is 0 Å². The van der Waals surface area contributed by atoms with Crippen molar-refractivity contribution in [3.05, 3.63) is 0 Å². The van der Waals surface area contributed by atoms with Gasteiger partial charge >= 0.3 is 36.2 Å². The third-order valence-corrected chi connectivity index (χ3v) is 0.498. The van der Waals surface area contributed by atoms with Crippen molar-refractivity contribution in [2.45, 2.75) is 48.0 Å². The molecule has 0 aromatic rings. The number of hydrogen-bond donors (Lipinski definition) is 0. The zero-order chi connectivity index (χ0) is 20.2. The molecule has 25 heavy (non-hydrogen) atoms. The zero-order valence-electron chi connectivity index (χ0n) is 15.4. The summed E-state index contributed by atoms with van der Waals surface area (Å²) in [4.78, 5) is 55.6. The second-order valence-electron chi connectivity index (χ2n) is 3.55. The molecule has 0 aromatic carbocycles. The maximum atomic E-state index is 10.0. The summed E-state index contributed by atoms with van der Waals surface area (Å²) in [6.45, 7) is 6.70. The minimum atomic E-state index is -1.08. The molecule has 0 spiro atoms. The molecule has 0 N–H and O–H groups in total. The van der Waals surface area contributed by atoms with Crippen LogP contribution in [-0.2, 0) is 28.8 Å². The molecule has 0 bridgehead atoms.